The van der Waals surface area contributed by atoms with Gasteiger partial charge in [-0.15, -0.1) is 0 Å². The number of aromatic hydroxyl groups is 1. The van der Waals surface area contributed by atoms with E-state index < -0.39 is 28.2 Å². The van der Waals surface area contributed by atoms with E-state index in [1.807, 2.05) is 0 Å². The van der Waals surface area contributed by atoms with E-state index in [2.05, 4.69) is 4.98 Å². The van der Waals surface area contributed by atoms with Crippen molar-refractivity contribution < 1.29 is 23.2 Å². The fourth-order valence-electron chi connectivity index (χ4n) is 1.05. The fraction of sp³-hybridized carbons (Fsp3) is 0.286. The summed E-state index contributed by atoms with van der Waals surface area (Å²) in [6.07, 6.45) is -4.90. The number of halogens is 3. The Kier molecular flexibility index (Phi) is 2.52. The van der Waals surface area contributed by atoms with Crippen molar-refractivity contribution in [3.8, 4) is 5.88 Å². The van der Waals surface area contributed by atoms with E-state index in [4.69, 9.17) is 5.11 Å². The molecule has 82 valence electrons. The molecule has 0 saturated carbocycles. The van der Waals surface area contributed by atoms with Crippen molar-refractivity contribution in [3.63, 3.8) is 0 Å². The van der Waals surface area contributed by atoms with E-state index in [1.54, 1.807) is 0 Å². The maximum atomic E-state index is 12.3. The van der Waals surface area contributed by atoms with Crippen LogP contribution in [0.1, 0.15) is 11.3 Å². The quantitative estimate of drug-likeness (QED) is 0.582. The van der Waals surface area contributed by atoms with Crippen LogP contribution in [0.5, 0.6) is 5.88 Å². The summed E-state index contributed by atoms with van der Waals surface area (Å²) in [5.41, 5.74) is -3.07. The van der Waals surface area contributed by atoms with Crippen molar-refractivity contribution in [2.45, 2.75) is 13.1 Å². The maximum absolute atomic E-state index is 12.3. The minimum Gasteiger partial charge on any atom is -0.488 e. The number of nitrogens with zero attached hydrogens (tertiary/aromatic N) is 2. The number of alkyl halides is 3. The van der Waals surface area contributed by atoms with Gasteiger partial charge in [0.05, 0.1) is 4.92 Å². The molecule has 0 unspecified atom stereocenters. The smallest absolute Gasteiger partial charge is 0.423 e. The monoisotopic (exact) mass is 222 g/mol. The van der Waals surface area contributed by atoms with Gasteiger partial charge in [-0.25, -0.2) is 4.98 Å². The van der Waals surface area contributed by atoms with Crippen LogP contribution < -0.4 is 0 Å². The van der Waals surface area contributed by atoms with Crippen LogP contribution in [0.2, 0.25) is 0 Å². The summed E-state index contributed by atoms with van der Waals surface area (Å²) in [6, 6.07) is 0.512. The molecule has 8 heteroatoms. The third-order valence-electron chi connectivity index (χ3n) is 1.59. The topological polar surface area (TPSA) is 76.3 Å². The molecule has 0 spiro atoms. The lowest BCUT2D eigenvalue weighted by molar-refractivity contribution is -0.389. The molecule has 0 radical (unpaired) electrons. The Balaban J connectivity index is 3.54. The largest absolute Gasteiger partial charge is 0.488 e. The SMILES string of the molecule is Cc1cc(C(F)(F)F)c([N+](=O)[O-])c(O)n1. The Morgan fingerprint density at radius 2 is 2.07 bits per heavy atom. The number of hydrogen-bond donors (Lipinski definition) is 1. The van der Waals surface area contributed by atoms with Crippen molar-refractivity contribution in [2.75, 3.05) is 0 Å². The highest BCUT2D eigenvalue weighted by Crippen LogP contribution is 2.39. The van der Waals surface area contributed by atoms with Crippen LogP contribution in [0, 0.1) is 17.0 Å². The summed E-state index contributed by atoms with van der Waals surface area (Å²) in [5, 5.41) is 19.3. The van der Waals surface area contributed by atoms with Crippen LogP contribution >= 0.6 is 0 Å². The summed E-state index contributed by atoms with van der Waals surface area (Å²) in [7, 11) is 0. The third kappa shape index (κ3) is 2.14. The van der Waals surface area contributed by atoms with E-state index in [-0.39, 0.29) is 5.69 Å². The van der Waals surface area contributed by atoms with E-state index >= 15 is 0 Å². The Hall–Kier alpha value is -1.86. The van der Waals surface area contributed by atoms with Crippen molar-refractivity contribution in [3.05, 3.63) is 27.4 Å². The summed E-state index contributed by atoms with van der Waals surface area (Å²) in [5.74, 6) is -1.23. The minimum absolute atomic E-state index is 0.148. The molecule has 0 aromatic carbocycles. The highest BCUT2D eigenvalue weighted by molar-refractivity contribution is 5.50. The highest BCUT2D eigenvalue weighted by Gasteiger charge is 2.41. The maximum Gasteiger partial charge on any atom is 0.423 e. The van der Waals surface area contributed by atoms with E-state index in [1.165, 1.54) is 6.92 Å². The number of aryl methyl sites for hydroxylation is 1. The zero-order valence-electron chi connectivity index (χ0n) is 7.37. The van der Waals surface area contributed by atoms with Crippen LogP contribution in [0.25, 0.3) is 0 Å². The van der Waals surface area contributed by atoms with Crippen molar-refractivity contribution in [1.29, 1.82) is 0 Å². The zero-order chi connectivity index (χ0) is 11.8. The first kappa shape index (κ1) is 11.2. The van der Waals surface area contributed by atoms with Crippen molar-refractivity contribution in [2.24, 2.45) is 0 Å². The van der Waals surface area contributed by atoms with Crippen LogP contribution in [-0.4, -0.2) is 15.0 Å². The molecule has 0 aliphatic rings. The molecule has 0 aliphatic carbocycles. The normalized spacial score (nSPS) is 11.5. The molecular formula is C7H5F3N2O3. The fourth-order valence-corrected chi connectivity index (χ4v) is 1.05. The van der Waals surface area contributed by atoms with Gasteiger partial charge in [0.15, 0.2) is 0 Å². The molecule has 0 amide bonds. The molecule has 1 aromatic rings. The molecule has 1 N–H and O–H groups in total. The van der Waals surface area contributed by atoms with Gasteiger partial charge in [-0.1, -0.05) is 0 Å². The molecule has 1 rings (SSSR count). The van der Waals surface area contributed by atoms with Gasteiger partial charge in [0.25, 0.3) is 5.88 Å². The molecule has 5 nitrogen and oxygen atoms in total. The second-order valence-electron chi connectivity index (χ2n) is 2.74. The molecule has 0 atom stereocenters. The average Bonchev–Trinajstić information content (AvgIpc) is 1.99. The van der Waals surface area contributed by atoms with E-state index in [0.29, 0.717) is 6.07 Å². The molecule has 0 fully saturated rings. The molecule has 1 aromatic heterocycles. The lowest BCUT2D eigenvalue weighted by atomic mass is 10.2. The first-order valence-electron chi connectivity index (χ1n) is 3.65. The average molecular weight is 222 g/mol. The number of hydrogen-bond acceptors (Lipinski definition) is 4. The van der Waals surface area contributed by atoms with Crippen LogP contribution in [0.15, 0.2) is 6.07 Å². The number of nitro groups is 1. The van der Waals surface area contributed by atoms with Crippen LogP contribution in [-0.2, 0) is 6.18 Å². The van der Waals surface area contributed by atoms with E-state index in [9.17, 15) is 23.3 Å². The Morgan fingerprint density at radius 3 is 2.47 bits per heavy atom. The number of rotatable bonds is 1. The van der Waals surface area contributed by atoms with Gasteiger partial charge in [-0.3, -0.25) is 10.1 Å². The lowest BCUT2D eigenvalue weighted by Crippen LogP contribution is -2.10. The summed E-state index contributed by atoms with van der Waals surface area (Å²) in [4.78, 5) is 12.2. The summed E-state index contributed by atoms with van der Waals surface area (Å²) >= 11 is 0. The molecule has 15 heavy (non-hydrogen) atoms. The second-order valence-corrected chi connectivity index (χ2v) is 2.74. The van der Waals surface area contributed by atoms with Crippen molar-refractivity contribution in [1.82, 2.24) is 4.98 Å². The minimum atomic E-state index is -4.90. The predicted molar refractivity (Wildman–Crippen MR) is 42.3 cm³/mol. The van der Waals surface area contributed by atoms with Crippen molar-refractivity contribution >= 4 is 5.69 Å². The van der Waals surface area contributed by atoms with Gasteiger partial charge in [0, 0.05) is 5.69 Å². The first-order valence-corrected chi connectivity index (χ1v) is 3.65. The Labute approximate surface area is 81.3 Å². The molecule has 1 heterocycles. The van der Waals surface area contributed by atoms with Gasteiger partial charge in [-0.05, 0) is 13.0 Å². The van der Waals surface area contributed by atoms with Gasteiger partial charge < -0.3 is 5.11 Å². The van der Waals surface area contributed by atoms with Gasteiger partial charge >= 0.3 is 11.9 Å². The molecule has 0 bridgehead atoms. The third-order valence-corrected chi connectivity index (χ3v) is 1.59. The van der Waals surface area contributed by atoms with Crippen LogP contribution in [0.3, 0.4) is 0 Å². The number of aromatic nitrogens is 1. The van der Waals surface area contributed by atoms with Gasteiger partial charge in [0.2, 0.25) is 0 Å². The van der Waals surface area contributed by atoms with Crippen LogP contribution in [0.4, 0.5) is 18.9 Å². The van der Waals surface area contributed by atoms with E-state index in [0.717, 1.165) is 0 Å². The predicted octanol–water partition coefficient (Wildman–Crippen LogP) is 2.02. The summed E-state index contributed by atoms with van der Waals surface area (Å²) in [6.45, 7) is 1.19. The first-order chi connectivity index (χ1) is 6.73. The summed E-state index contributed by atoms with van der Waals surface area (Å²) < 4.78 is 37.0. The molecule has 0 aliphatic heterocycles. The second kappa shape index (κ2) is 3.37. The standard InChI is InChI=1S/C7H5F3N2O3/c1-3-2-4(7(8,9)10)5(12(14)15)6(13)11-3/h2H,1H3,(H,11,13). The molecular weight excluding hydrogens is 217 g/mol. The Bertz CT molecular complexity index is 417. The lowest BCUT2D eigenvalue weighted by Gasteiger charge is -2.08. The van der Waals surface area contributed by atoms with Gasteiger partial charge in [0.1, 0.15) is 5.56 Å². The molecule has 0 saturated heterocycles. The zero-order valence-corrected chi connectivity index (χ0v) is 7.37. The van der Waals surface area contributed by atoms with Gasteiger partial charge in [-0.2, -0.15) is 13.2 Å². The Morgan fingerprint density at radius 1 is 1.53 bits per heavy atom. The number of pyridine rings is 1. The highest BCUT2D eigenvalue weighted by atomic mass is 19.4.